The minimum absolute atomic E-state index is 0. The minimum Gasteiger partial charge on any atom is -0.507 e. The van der Waals surface area contributed by atoms with Gasteiger partial charge in [-0.15, -0.1) is 0 Å². The van der Waals surface area contributed by atoms with E-state index in [2.05, 4.69) is 60.6 Å². The van der Waals surface area contributed by atoms with Crippen LogP contribution in [0.2, 0.25) is 0 Å². The van der Waals surface area contributed by atoms with Crippen molar-refractivity contribution in [2.75, 3.05) is 0 Å². The van der Waals surface area contributed by atoms with E-state index in [9.17, 15) is 5.11 Å². The second-order valence-electron chi connectivity index (χ2n) is 6.71. The van der Waals surface area contributed by atoms with Crippen molar-refractivity contribution in [1.82, 2.24) is 0 Å². The Morgan fingerprint density at radius 1 is 0.824 bits per heavy atom. The summed E-state index contributed by atoms with van der Waals surface area (Å²) < 4.78 is 0. The summed E-state index contributed by atoms with van der Waals surface area (Å²) in [5.74, 6) is 0.464. The molecule has 0 aliphatic carbocycles. The molecule has 1 rings (SSSR count). The summed E-state index contributed by atoms with van der Waals surface area (Å²) in [5.41, 5.74) is 3.26. The van der Waals surface area contributed by atoms with Gasteiger partial charge in [0.05, 0.1) is 0 Å². The summed E-state index contributed by atoms with van der Waals surface area (Å²) in [4.78, 5) is 0. The van der Waals surface area contributed by atoms with Gasteiger partial charge in [0.15, 0.2) is 0 Å². The fourth-order valence-corrected chi connectivity index (χ4v) is 1.92. The maximum Gasteiger partial charge on any atom is 0.123 e. The number of aryl methyl sites for hydroxylation is 1. The zero-order valence-corrected chi connectivity index (χ0v) is 13.7. The van der Waals surface area contributed by atoms with E-state index in [1.807, 2.05) is 0 Å². The zero-order valence-electron chi connectivity index (χ0n) is 12.1. The Labute approximate surface area is 121 Å². The van der Waals surface area contributed by atoms with Gasteiger partial charge in [-0.1, -0.05) is 59.2 Å². The van der Waals surface area contributed by atoms with E-state index in [1.165, 1.54) is 5.56 Å². The van der Waals surface area contributed by atoms with E-state index >= 15 is 0 Å². The number of phenolic OH excluding ortho intramolecular Hbond substituents is 1. The molecule has 0 saturated heterocycles. The molecule has 0 spiro atoms. The summed E-state index contributed by atoms with van der Waals surface area (Å²) in [5, 5.41) is 10.4. The molecule has 2 heteroatoms. The van der Waals surface area contributed by atoms with Crippen LogP contribution in [0.3, 0.4) is 0 Å². The van der Waals surface area contributed by atoms with Gasteiger partial charge in [-0.2, -0.15) is 0 Å². The van der Waals surface area contributed by atoms with Gasteiger partial charge >= 0.3 is 0 Å². The quantitative estimate of drug-likeness (QED) is 0.696. The molecular weight excluding hydrogens is 244 g/mol. The molecule has 0 aromatic heterocycles. The molecular formula is C15H24OTi. The molecule has 0 fully saturated rings. The third-order valence-corrected chi connectivity index (χ3v) is 2.87. The number of hydrogen-bond donors (Lipinski definition) is 1. The third kappa shape index (κ3) is 3.86. The van der Waals surface area contributed by atoms with E-state index in [0.717, 1.165) is 11.1 Å². The Hall–Kier alpha value is -0.266. The molecule has 0 amide bonds. The molecule has 1 N–H and O–H groups in total. The van der Waals surface area contributed by atoms with Gasteiger partial charge in [0.1, 0.15) is 5.75 Å². The molecule has 17 heavy (non-hydrogen) atoms. The van der Waals surface area contributed by atoms with E-state index in [4.69, 9.17) is 0 Å². The van der Waals surface area contributed by atoms with Crippen molar-refractivity contribution in [3.63, 3.8) is 0 Å². The monoisotopic (exact) mass is 268 g/mol. The molecule has 0 aliphatic heterocycles. The topological polar surface area (TPSA) is 20.2 Å². The summed E-state index contributed by atoms with van der Waals surface area (Å²) in [6.45, 7) is 14.9. The normalized spacial score (nSPS) is 12.2. The Balaban J connectivity index is 0.00000256. The van der Waals surface area contributed by atoms with Crippen LogP contribution in [0, 0.1) is 6.92 Å². The Morgan fingerprint density at radius 2 is 1.12 bits per heavy atom. The number of aromatic hydroxyl groups is 1. The van der Waals surface area contributed by atoms with Crippen molar-refractivity contribution in [2.45, 2.75) is 59.3 Å². The molecule has 0 bridgehead atoms. The molecule has 0 aliphatic rings. The first-order valence-electron chi connectivity index (χ1n) is 5.88. The van der Waals surface area contributed by atoms with Crippen LogP contribution < -0.4 is 0 Å². The van der Waals surface area contributed by atoms with Gasteiger partial charge in [-0.05, 0) is 28.9 Å². The molecule has 0 atom stereocenters. The molecule has 0 unspecified atom stereocenters. The first-order valence-corrected chi connectivity index (χ1v) is 5.88. The van der Waals surface area contributed by atoms with Crippen LogP contribution in [0.5, 0.6) is 5.75 Å². The van der Waals surface area contributed by atoms with Crippen LogP contribution in [-0.4, -0.2) is 5.11 Å². The minimum atomic E-state index is -0.0178. The molecule has 0 saturated carbocycles. The second kappa shape index (κ2) is 5.16. The second-order valence-corrected chi connectivity index (χ2v) is 6.71. The van der Waals surface area contributed by atoms with Crippen molar-refractivity contribution >= 4 is 0 Å². The number of phenols is 1. The predicted octanol–water partition coefficient (Wildman–Crippen LogP) is 4.29. The van der Waals surface area contributed by atoms with E-state index in [0.29, 0.717) is 5.75 Å². The average molecular weight is 268 g/mol. The Morgan fingerprint density at radius 3 is 1.35 bits per heavy atom. The van der Waals surface area contributed by atoms with Gasteiger partial charge in [0, 0.05) is 21.7 Å². The summed E-state index contributed by atoms with van der Waals surface area (Å²) in [7, 11) is 0. The Bertz CT molecular complexity index is 359. The third-order valence-electron chi connectivity index (χ3n) is 2.87. The maximum atomic E-state index is 10.4. The summed E-state index contributed by atoms with van der Waals surface area (Å²) in [6.07, 6.45) is 0. The van der Waals surface area contributed by atoms with Crippen LogP contribution in [0.25, 0.3) is 0 Å². The standard InChI is InChI=1S/C15H24O.Ti/c1-10-8-11(14(2,3)4)13(16)12(9-10)15(5,6)7;/h8-9,16H,1-7H3;. The molecule has 1 aromatic carbocycles. The summed E-state index contributed by atoms with van der Waals surface area (Å²) >= 11 is 0. The van der Waals surface area contributed by atoms with Crippen LogP contribution in [0.4, 0.5) is 0 Å². The van der Waals surface area contributed by atoms with E-state index in [1.54, 1.807) is 0 Å². The summed E-state index contributed by atoms with van der Waals surface area (Å²) in [6, 6.07) is 4.18. The number of rotatable bonds is 0. The number of hydrogen-bond acceptors (Lipinski definition) is 1. The smallest absolute Gasteiger partial charge is 0.123 e. The fraction of sp³-hybridized carbons (Fsp3) is 0.600. The predicted molar refractivity (Wildman–Crippen MR) is 70.2 cm³/mol. The first-order chi connectivity index (χ1) is 7.03. The maximum absolute atomic E-state index is 10.4. The molecule has 1 nitrogen and oxygen atoms in total. The van der Waals surface area contributed by atoms with Crippen LogP contribution in [-0.2, 0) is 32.5 Å². The van der Waals surface area contributed by atoms with Crippen molar-refractivity contribution in [2.24, 2.45) is 0 Å². The molecule has 0 radical (unpaired) electrons. The van der Waals surface area contributed by atoms with Gasteiger partial charge in [-0.3, -0.25) is 0 Å². The molecule has 94 valence electrons. The first kappa shape index (κ1) is 16.7. The number of benzene rings is 1. The van der Waals surface area contributed by atoms with Gasteiger partial charge in [0.25, 0.3) is 0 Å². The van der Waals surface area contributed by atoms with Gasteiger partial charge < -0.3 is 5.11 Å². The average Bonchev–Trinajstić information content (AvgIpc) is 2.04. The van der Waals surface area contributed by atoms with Gasteiger partial charge in [-0.25, -0.2) is 0 Å². The van der Waals surface area contributed by atoms with E-state index < -0.39 is 0 Å². The van der Waals surface area contributed by atoms with E-state index in [-0.39, 0.29) is 32.5 Å². The molecule has 0 heterocycles. The van der Waals surface area contributed by atoms with Crippen LogP contribution in [0.15, 0.2) is 12.1 Å². The van der Waals surface area contributed by atoms with Crippen LogP contribution in [0.1, 0.15) is 58.2 Å². The van der Waals surface area contributed by atoms with Crippen molar-refractivity contribution in [3.05, 3.63) is 28.8 Å². The largest absolute Gasteiger partial charge is 0.507 e. The molecule has 1 aromatic rings. The van der Waals surface area contributed by atoms with Gasteiger partial charge in [0.2, 0.25) is 0 Å². The fourth-order valence-electron chi connectivity index (χ4n) is 1.92. The van der Waals surface area contributed by atoms with Crippen molar-refractivity contribution in [3.8, 4) is 5.75 Å². The Kier molecular flexibility index (Phi) is 5.08. The van der Waals surface area contributed by atoms with Crippen molar-refractivity contribution < 1.29 is 26.8 Å². The SMILES string of the molecule is Cc1cc(C(C)(C)C)c(O)c(C(C)(C)C)c1.[Ti]. The zero-order chi connectivity index (χ0) is 12.7. The van der Waals surface area contributed by atoms with Crippen molar-refractivity contribution in [1.29, 1.82) is 0 Å². The van der Waals surface area contributed by atoms with Crippen LogP contribution >= 0.6 is 0 Å².